The number of carboxylic acids is 1. The predicted octanol–water partition coefficient (Wildman–Crippen LogP) is 2.55. The van der Waals surface area contributed by atoms with Gasteiger partial charge in [-0.05, 0) is 45.0 Å². The molecule has 0 saturated carbocycles. The van der Waals surface area contributed by atoms with Crippen LogP contribution in [0.25, 0.3) is 0 Å². The van der Waals surface area contributed by atoms with Crippen LogP contribution in [0.5, 0.6) is 0 Å². The molecular weight excluding hydrogens is 218 g/mol. The Morgan fingerprint density at radius 2 is 1.76 bits per heavy atom. The number of ketones is 1. The van der Waals surface area contributed by atoms with E-state index in [1.807, 2.05) is 13.8 Å². The minimum Gasteiger partial charge on any atom is -0.481 e. The molecule has 1 aromatic rings. The molecular formula is C13H17NO3. The van der Waals surface area contributed by atoms with Gasteiger partial charge in [0.25, 0.3) is 0 Å². The summed E-state index contributed by atoms with van der Waals surface area (Å²) in [5.41, 5.74) is 0.927. The van der Waals surface area contributed by atoms with E-state index < -0.39 is 11.5 Å². The van der Waals surface area contributed by atoms with Crippen LogP contribution < -0.4 is 5.32 Å². The zero-order valence-electron chi connectivity index (χ0n) is 10.3. The Balaban J connectivity index is 2.75. The summed E-state index contributed by atoms with van der Waals surface area (Å²) in [4.78, 5) is 21.8. The van der Waals surface area contributed by atoms with E-state index in [2.05, 4.69) is 5.32 Å². The first-order valence-electron chi connectivity index (χ1n) is 5.41. The summed E-state index contributed by atoms with van der Waals surface area (Å²) in [6, 6.07) is 7.00. The maximum atomic E-state index is 11.1. The fourth-order valence-electron chi connectivity index (χ4n) is 1.60. The normalized spacial score (nSPS) is 11.0. The highest BCUT2D eigenvalue weighted by Gasteiger charge is 2.21. The number of nitrogens with one attached hydrogen (secondary N) is 1. The zero-order valence-corrected chi connectivity index (χ0v) is 10.3. The Hall–Kier alpha value is -1.84. The monoisotopic (exact) mass is 235 g/mol. The van der Waals surface area contributed by atoms with Crippen LogP contribution >= 0.6 is 0 Å². The van der Waals surface area contributed by atoms with Gasteiger partial charge in [-0.1, -0.05) is 0 Å². The molecule has 0 heterocycles. The maximum absolute atomic E-state index is 11.1. The van der Waals surface area contributed by atoms with Gasteiger partial charge >= 0.3 is 5.97 Å². The number of hydrogen-bond donors (Lipinski definition) is 2. The van der Waals surface area contributed by atoms with Crippen LogP contribution in [0, 0.1) is 0 Å². The minimum atomic E-state index is -0.845. The van der Waals surface area contributed by atoms with Gasteiger partial charge in [-0.15, -0.1) is 0 Å². The topological polar surface area (TPSA) is 66.4 Å². The highest BCUT2D eigenvalue weighted by atomic mass is 16.4. The van der Waals surface area contributed by atoms with Gasteiger partial charge in [0.1, 0.15) is 0 Å². The molecule has 17 heavy (non-hydrogen) atoms. The lowest BCUT2D eigenvalue weighted by atomic mass is 10.00. The lowest BCUT2D eigenvalue weighted by Crippen LogP contribution is -2.33. The van der Waals surface area contributed by atoms with Crippen LogP contribution in [0.2, 0.25) is 0 Å². The molecule has 0 bridgehead atoms. The third-order valence-corrected chi connectivity index (χ3v) is 2.37. The zero-order chi connectivity index (χ0) is 13.1. The summed E-state index contributed by atoms with van der Waals surface area (Å²) in [6.07, 6.45) is 0.0292. The van der Waals surface area contributed by atoms with Gasteiger partial charge < -0.3 is 10.4 Å². The molecule has 0 aromatic heterocycles. The van der Waals surface area contributed by atoms with Gasteiger partial charge in [-0.3, -0.25) is 9.59 Å². The Kier molecular flexibility index (Phi) is 3.89. The second-order valence-electron chi connectivity index (χ2n) is 4.71. The van der Waals surface area contributed by atoms with E-state index in [-0.39, 0.29) is 12.2 Å². The van der Waals surface area contributed by atoms with E-state index in [9.17, 15) is 9.59 Å². The smallest absolute Gasteiger partial charge is 0.305 e. The quantitative estimate of drug-likeness (QED) is 0.770. The molecule has 1 rings (SSSR count). The van der Waals surface area contributed by atoms with Crippen molar-refractivity contribution in [3.05, 3.63) is 29.8 Å². The maximum Gasteiger partial charge on any atom is 0.305 e. The number of rotatable bonds is 5. The van der Waals surface area contributed by atoms with Crippen molar-refractivity contribution >= 4 is 17.4 Å². The molecule has 0 aliphatic carbocycles. The molecule has 92 valence electrons. The summed E-state index contributed by atoms with van der Waals surface area (Å²) >= 11 is 0. The SMILES string of the molecule is CC(=O)c1ccc(NC(C)(C)CC(=O)O)cc1. The first-order valence-corrected chi connectivity index (χ1v) is 5.41. The van der Waals surface area contributed by atoms with Crippen LogP contribution in [0.15, 0.2) is 24.3 Å². The first kappa shape index (κ1) is 13.2. The van der Waals surface area contributed by atoms with Gasteiger partial charge in [0.05, 0.1) is 6.42 Å². The Morgan fingerprint density at radius 1 is 1.24 bits per heavy atom. The highest BCUT2D eigenvalue weighted by molar-refractivity contribution is 5.94. The number of anilines is 1. The second-order valence-corrected chi connectivity index (χ2v) is 4.71. The lowest BCUT2D eigenvalue weighted by molar-refractivity contribution is -0.137. The van der Waals surface area contributed by atoms with Crippen molar-refractivity contribution in [2.75, 3.05) is 5.32 Å². The van der Waals surface area contributed by atoms with E-state index >= 15 is 0 Å². The standard InChI is InChI=1S/C13H17NO3/c1-9(15)10-4-6-11(7-5-10)14-13(2,3)8-12(16)17/h4-7,14H,8H2,1-3H3,(H,16,17). The van der Waals surface area contributed by atoms with Crippen molar-refractivity contribution in [2.45, 2.75) is 32.7 Å². The highest BCUT2D eigenvalue weighted by Crippen LogP contribution is 2.18. The van der Waals surface area contributed by atoms with E-state index in [1.54, 1.807) is 24.3 Å². The predicted molar refractivity (Wildman–Crippen MR) is 66.4 cm³/mol. The molecule has 4 heteroatoms. The third-order valence-electron chi connectivity index (χ3n) is 2.37. The largest absolute Gasteiger partial charge is 0.481 e. The Labute approximate surface area is 101 Å². The van der Waals surface area contributed by atoms with Gasteiger partial charge in [-0.25, -0.2) is 0 Å². The van der Waals surface area contributed by atoms with Crippen LogP contribution in [-0.4, -0.2) is 22.4 Å². The van der Waals surface area contributed by atoms with Crippen molar-refractivity contribution in [1.82, 2.24) is 0 Å². The number of benzene rings is 1. The van der Waals surface area contributed by atoms with Crippen LogP contribution in [0.4, 0.5) is 5.69 Å². The molecule has 0 spiro atoms. The lowest BCUT2D eigenvalue weighted by Gasteiger charge is -2.25. The summed E-state index contributed by atoms with van der Waals surface area (Å²) in [7, 11) is 0. The van der Waals surface area contributed by atoms with Gasteiger partial charge in [0.15, 0.2) is 5.78 Å². The van der Waals surface area contributed by atoms with Crippen LogP contribution in [0.1, 0.15) is 37.6 Å². The molecule has 0 unspecified atom stereocenters. The molecule has 4 nitrogen and oxygen atoms in total. The summed E-state index contributed by atoms with van der Waals surface area (Å²) in [5, 5.41) is 11.9. The van der Waals surface area contributed by atoms with E-state index in [0.29, 0.717) is 5.56 Å². The molecule has 0 fully saturated rings. The number of aliphatic carboxylic acids is 1. The van der Waals surface area contributed by atoms with Crippen molar-refractivity contribution in [3.8, 4) is 0 Å². The Morgan fingerprint density at radius 3 is 2.18 bits per heavy atom. The van der Waals surface area contributed by atoms with Gasteiger partial charge in [0.2, 0.25) is 0 Å². The number of carbonyl (C=O) groups is 2. The van der Waals surface area contributed by atoms with Crippen LogP contribution in [-0.2, 0) is 4.79 Å². The van der Waals surface area contributed by atoms with E-state index in [0.717, 1.165) is 5.69 Å². The summed E-state index contributed by atoms with van der Waals surface area (Å²) in [6.45, 7) is 5.15. The van der Waals surface area contributed by atoms with Crippen molar-refractivity contribution in [2.24, 2.45) is 0 Å². The molecule has 0 aliphatic rings. The first-order chi connectivity index (χ1) is 7.80. The van der Waals surface area contributed by atoms with Crippen molar-refractivity contribution in [1.29, 1.82) is 0 Å². The summed E-state index contributed by atoms with van der Waals surface area (Å²) < 4.78 is 0. The molecule has 0 atom stereocenters. The number of hydrogen-bond acceptors (Lipinski definition) is 3. The molecule has 2 N–H and O–H groups in total. The number of Topliss-reactive ketones (excluding diaryl/α,β-unsaturated/α-hetero) is 1. The van der Waals surface area contributed by atoms with Gasteiger partial charge in [0, 0.05) is 16.8 Å². The summed E-state index contributed by atoms with van der Waals surface area (Å²) in [5.74, 6) is -0.829. The average Bonchev–Trinajstić information content (AvgIpc) is 2.15. The number of carbonyl (C=O) groups excluding carboxylic acids is 1. The molecule has 0 amide bonds. The fourth-order valence-corrected chi connectivity index (χ4v) is 1.60. The van der Waals surface area contributed by atoms with E-state index in [1.165, 1.54) is 6.92 Å². The average molecular weight is 235 g/mol. The number of carboxylic acid groups (broad SMARTS) is 1. The Bertz CT molecular complexity index is 421. The molecule has 0 radical (unpaired) electrons. The van der Waals surface area contributed by atoms with E-state index in [4.69, 9.17) is 5.11 Å². The van der Waals surface area contributed by atoms with Crippen molar-refractivity contribution in [3.63, 3.8) is 0 Å². The third kappa shape index (κ3) is 4.26. The fraction of sp³-hybridized carbons (Fsp3) is 0.385. The van der Waals surface area contributed by atoms with Crippen molar-refractivity contribution < 1.29 is 14.7 Å². The molecule has 0 saturated heterocycles. The second kappa shape index (κ2) is 4.99. The van der Waals surface area contributed by atoms with Crippen LogP contribution in [0.3, 0.4) is 0 Å². The minimum absolute atomic E-state index is 0.0151. The molecule has 1 aromatic carbocycles. The molecule has 0 aliphatic heterocycles. The van der Waals surface area contributed by atoms with Gasteiger partial charge in [-0.2, -0.15) is 0 Å².